The molecule has 0 saturated carbocycles. The van der Waals surface area contributed by atoms with E-state index in [9.17, 15) is 0 Å². The zero-order valence-electron chi connectivity index (χ0n) is 7.10. The van der Waals surface area contributed by atoms with Gasteiger partial charge < -0.3 is 5.32 Å². The first kappa shape index (κ1) is 8.27. The van der Waals surface area contributed by atoms with Crippen LogP contribution in [-0.4, -0.2) is 6.04 Å². The lowest BCUT2D eigenvalue weighted by Crippen LogP contribution is -2.32. The summed E-state index contributed by atoms with van der Waals surface area (Å²) >= 11 is 3.49. The Morgan fingerprint density at radius 2 is 2.25 bits per heavy atom. The lowest BCUT2D eigenvalue weighted by Gasteiger charge is -2.23. The highest BCUT2D eigenvalue weighted by Crippen LogP contribution is 2.20. The van der Waals surface area contributed by atoms with Crippen LogP contribution in [0.2, 0.25) is 0 Å². The molecular formula is C10H12BrN. The standard InChI is InChI=1S/C10H12BrN/c1-7-4-9-5-10(11)3-2-8(9)6-12-7/h2-3,5,7,12H,4,6H2,1H3. The molecule has 12 heavy (non-hydrogen) atoms. The average Bonchev–Trinajstić information content (AvgIpc) is 2.03. The van der Waals surface area contributed by atoms with E-state index in [1.807, 2.05) is 0 Å². The minimum absolute atomic E-state index is 0.617. The van der Waals surface area contributed by atoms with Gasteiger partial charge in [0, 0.05) is 17.1 Å². The molecule has 2 heteroatoms. The van der Waals surface area contributed by atoms with E-state index in [1.165, 1.54) is 15.6 Å². The van der Waals surface area contributed by atoms with Crippen molar-refractivity contribution in [3.63, 3.8) is 0 Å². The highest BCUT2D eigenvalue weighted by Gasteiger charge is 2.13. The van der Waals surface area contributed by atoms with Crippen LogP contribution in [0, 0.1) is 0 Å². The lowest BCUT2D eigenvalue weighted by molar-refractivity contribution is 0.513. The zero-order valence-corrected chi connectivity index (χ0v) is 8.69. The minimum Gasteiger partial charge on any atom is -0.310 e. The van der Waals surface area contributed by atoms with Gasteiger partial charge in [0.15, 0.2) is 0 Å². The second-order valence-electron chi connectivity index (χ2n) is 3.40. The van der Waals surface area contributed by atoms with Crippen LogP contribution in [0.25, 0.3) is 0 Å². The molecule has 0 fully saturated rings. The molecule has 0 saturated heterocycles. The van der Waals surface area contributed by atoms with Gasteiger partial charge in [0.2, 0.25) is 0 Å². The fraction of sp³-hybridized carbons (Fsp3) is 0.400. The largest absolute Gasteiger partial charge is 0.310 e. The third kappa shape index (κ3) is 1.54. The molecule has 1 aromatic carbocycles. The summed E-state index contributed by atoms with van der Waals surface area (Å²) in [7, 11) is 0. The number of halogens is 1. The van der Waals surface area contributed by atoms with Gasteiger partial charge in [-0.1, -0.05) is 22.0 Å². The topological polar surface area (TPSA) is 12.0 Å². The first-order valence-corrected chi connectivity index (χ1v) is 5.05. The monoisotopic (exact) mass is 225 g/mol. The smallest absolute Gasteiger partial charge is 0.0210 e. The third-order valence-corrected chi connectivity index (χ3v) is 2.83. The molecule has 64 valence electrons. The molecule has 0 radical (unpaired) electrons. The van der Waals surface area contributed by atoms with Gasteiger partial charge in [0.25, 0.3) is 0 Å². The number of benzene rings is 1. The van der Waals surface area contributed by atoms with Gasteiger partial charge in [-0.05, 0) is 36.6 Å². The van der Waals surface area contributed by atoms with E-state index in [-0.39, 0.29) is 0 Å². The number of rotatable bonds is 0. The summed E-state index contributed by atoms with van der Waals surface area (Å²) < 4.78 is 1.19. The van der Waals surface area contributed by atoms with E-state index >= 15 is 0 Å². The van der Waals surface area contributed by atoms with Crippen LogP contribution in [0.15, 0.2) is 22.7 Å². The fourth-order valence-electron chi connectivity index (χ4n) is 1.64. The molecular weight excluding hydrogens is 214 g/mol. The molecule has 2 rings (SSSR count). The fourth-order valence-corrected chi connectivity index (χ4v) is 2.05. The van der Waals surface area contributed by atoms with Crippen molar-refractivity contribution in [2.45, 2.75) is 25.9 Å². The quantitative estimate of drug-likeness (QED) is 0.716. The molecule has 1 unspecified atom stereocenters. The highest BCUT2D eigenvalue weighted by atomic mass is 79.9. The van der Waals surface area contributed by atoms with Crippen LogP contribution in [0.1, 0.15) is 18.1 Å². The first-order chi connectivity index (χ1) is 5.75. The number of hydrogen-bond donors (Lipinski definition) is 1. The van der Waals surface area contributed by atoms with Crippen LogP contribution >= 0.6 is 15.9 Å². The Morgan fingerprint density at radius 3 is 3.08 bits per heavy atom. The predicted octanol–water partition coefficient (Wildman–Crippen LogP) is 2.48. The van der Waals surface area contributed by atoms with Crippen LogP contribution in [0.4, 0.5) is 0 Å². The molecule has 0 spiro atoms. The average molecular weight is 226 g/mol. The molecule has 1 heterocycles. The van der Waals surface area contributed by atoms with Crippen molar-refractivity contribution >= 4 is 15.9 Å². The predicted molar refractivity (Wildman–Crippen MR) is 54.1 cm³/mol. The van der Waals surface area contributed by atoms with Crippen molar-refractivity contribution in [2.75, 3.05) is 0 Å². The summed E-state index contributed by atoms with van der Waals surface area (Å²) in [6, 6.07) is 7.15. The van der Waals surface area contributed by atoms with E-state index in [2.05, 4.69) is 46.4 Å². The Bertz CT molecular complexity index is 296. The van der Waals surface area contributed by atoms with Crippen LogP contribution in [0.3, 0.4) is 0 Å². The van der Waals surface area contributed by atoms with Crippen LogP contribution < -0.4 is 5.32 Å². The summed E-state index contributed by atoms with van der Waals surface area (Å²) in [6.07, 6.45) is 1.15. The maximum Gasteiger partial charge on any atom is 0.0210 e. The Kier molecular flexibility index (Phi) is 2.20. The van der Waals surface area contributed by atoms with Gasteiger partial charge in [-0.25, -0.2) is 0 Å². The van der Waals surface area contributed by atoms with Crippen molar-refractivity contribution in [1.82, 2.24) is 5.32 Å². The maximum atomic E-state index is 3.49. The van der Waals surface area contributed by atoms with Crippen LogP contribution in [0.5, 0.6) is 0 Å². The lowest BCUT2D eigenvalue weighted by atomic mass is 9.97. The Balaban J connectivity index is 2.37. The molecule has 1 aliphatic heterocycles. The van der Waals surface area contributed by atoms with E-state index in [1.54, 1.807) is 0 Å². The van der Waals surface area contributed by atoms with Gasteiger partial charge in [0.05, 0.1) is 0 Å². The minimum atomic E-state index is 0.617. The third-order valence-electron chi connectivity index (χ3n) is 2.34. The second-order valence-corrected chi connectivity index (χ2v) is 4.31. The number of nitrogens with one attached hydrogen (secondary N) is 1. The first-order valence-electron chi connectivity index (χ1n) is 4.26. The zero-order chi connectivity index (χ0) is 8.55. The van der Waals surface area contributed by atoms with Crippen molar-refractivity contribution in [1.29, 1.82) is 0 Å². The summed E-state index contributed by atoms with van der Waals surface area (Å²) in [6.45, 7) is 3.24. The van der Waals surface area contributed by atoms with E-state index in [0.29, 0.717) is 6.04 Å². The maximum absolute atomic E-state index is 3.49. The van der Waals surface area contributed by atoms with E-state index in [0.717, 1.165) is 13.0 Å². The summed E-state index contributed by atoms with van der Waals surface area (Å²) in [4.78, 5) is 0. The summed E-state index contributed by atoms with van der Waals surface area (Å²) in [5.74, 6) is 0. The Labute approximate surface area is 81.3 Å². The van der Waals surface area contributed by atoms with Gasteiger partial charge in [-0.2, -0.15) is 0 Å². The molecule has 1 aromatic rings. The molecule has 0 bridgehead atoms. The highest BCUT2D eigenvalue weighted by molar-refractivity contribution is 9.10. The molecule has 0 aromatic heterocycles. The van der Waals surface area contributed by atoms with Crippen molar-refractivity contribution in [3.05, 3.63) is 33.8 Å². The van der Waals surface area contributed by atoms with Crippen molar-refractivity contribution in [3.8, 4) is 0 Å². The molecule has 1 nitrogen and oxygen atoms in total. The van der Waals surface area contributed by atoms with Crippen LogP contribution in [-0.2, 0) is 13.0 Å². The second kappa shape index (κ2) is 3.19. The molecule has 1 N–H and O–H groups in total. The summed E-state index contributed by atoms with van der Waals surface area (Å²) in [5, 5.41) is 3.44. The molecule has 1 atom stereocenters. The molecule has 0 amide bonds. The van der Waals surface area contributed by atoms with E-state index in [4.69, 9.17) is 0 Å². The van der Waals surface area contributed by atoms with Gasteiger partial charge >= 0.3 is 0 Å². The Hall–Kier alpha value is -0.340. The van der Waals surface area contributed by atoms with E-state index < -0.39 is 0 Å². The molecule has 0 aliphatic carbocycles. The normalized spacial score (nSPS) is 22.0. The Morgan fingerprint density at radius 1 is 1.42 bits per heavy atom. The SMILES string of the molecule is CC1Cc2cc(Br)ccc2CN1. The van der Waals surface area contributed by atoms with Gasteiger partial charge in [-0.15, -0.1) is 0 Å². The van der Waals surface area contributed by atoms with Gasteiger partial charge in [-0.3, -0.25) is 0 Å². The number of fused-ring (bicyclic) bond motifs is 1. The molecule has 1 aliphatic rings. The summed E-state index contributed by atoms with van der Waals surface area (Å²) in [5.41, 5.74) is 2.92. The van der Waals surface area contributed by atoms with Gasteiger partial charge in [0.1, 0.15) is 0 Å². The van der Waals surface area contributed by atoms with Crippen molar-refractivity contribution < 1.29 is 0 Å². The van der Waals surface area contributed by atoms with Crippen molar-refractivity contribution in [2.24, 2.45) is 0 Å². The number of hydrogen-bond acceptors (Lipinski definition) is 1.